The number of terminal acetylenes is 1. The van der Waals surface area contributed by atoms with Gasteiger partial charge >= 0.3 is 5.97 Å². The van der Waals surface area contributed by atoms with Crippen LogP contribution in [0.4, 0.5) is 4.39 Å². The van der Waals surface area contributed by atoms with Crippen LogP contribution in [0, 0.1) is 18.2 Å². The summed E-state index contributed by atoms with van der Waals surface area (Å²) in [5.41, 5.74) is 0.417. The van der Waals surface area contributed by atoms with Gasteiger partial charge in [0, 0.05) is 6.20 Å². The van der Waals surface area contributed by atoms with Crippen LogP contribution in [-0.2, 0) is 4.74 Å². The van der Waals surface area contributed by atoms with E-state index in [1.807, 2.05) is 0 Å². The molecule has 4 heteroatoms. The lowest BCUT2D eigenvalue weighted by atomic mass is 10.1. The Hall–Kier alpha value is -2.67. The molecule has 2 rings (SSSR count). The average Bonchev–Trinajstić information content (AvgIpc) is 2.48. The van der Waals surface area contributed by atoms with Crippen LogP contribution in [0.25, 0.3) is 0 Å². The molecule has 1 heterocycles. The Labute approximate surface area is 116 Å². The maximum Gasteiger partial charge on any atom is 0.341 e. The lowest BCUT2D eigenvalue weighted by Gasteiger charge is -2.15. The van der Waals surface area contributed by atoms with Gasteiger partial charge in [0.25, 0.3) is 0 Å². The zero-order valence-corrected chi connectivity index (χ0v) is 10.6. The van der Waals surface area contributed by atoms with Crippen molar-refractivity contribution in [3.8, 4) is 12.3 Å². The van der Waals surface area contributed by atoms with Crippen molar-refractivity contribution in [1.29, 1.82) is 0 Å². The van der Waals surface area contributed by atoms with Crippen molar-refractivity contribution in [2.45, 2.75) is 12.5 Å². The fourth-order valence-corrected chi connectivity index (χ4v) is 1.70. The molecule has 0 unspecified atom stereocenters. The Morgan fingerprint density at radius 2 is 2.05 bits per heavy atom. The minimum atomic E-state index is -0.756. The molecule has 100 valence electrons. The lowest BCUT2D eigenvalue weighted by Crippen LogP contribution is -2.13. The highest BCUT2D eigenvalue weighted by Crippen LogP contribution is 2.21. The van der Waals surface area contributed by atoms with E-state index in [0.29, 0.717) is 5.69 Å². The molecule has 3 nitrogen and oxygen atoms in total. The molecule has 1 aromatic carbocycles. The Morgan fingerprint density at radius 1 is 1.30 bits per heavy atom. The van der Waals surface area contributed by atoms with Crippen molar-refractivity contribution in [2.75, 3.05) is 0 Å². The summed E-state index contributed by atoms with van der Waals surface area (Å²) in [5.74, 6) is 1.04. The van der Waals surface area contributed by atoms with Gasteiger partial charge in [-0.1, -0.05) is 18.2 Å². The smallest absolute Gasteiger partial charge is 0.341 e. The van der Waals surface area contributed by atoms with Crippen LogP contribution >= 0.6 is 0 Å². The Kier molecular flexibility index (Phi) is 4.46. The molecule has 0 spiro atoms. The number of hydrogen-bond donors (Lipinski definition) is 0. The molecular weight excluding hydrogens is 257 g/mol. The van der Waals surface area contributed by atoms with E-state index < -0.39 is 17.9 Å². The predicted molar refractivity (Wildman–Crippen MR) is 72.2 cm³/mol. The summed E-state index contributed by atoms with van der Waals surface area (Å²) in [7, 11) is 0. The second kappa shape index (κ2) is 6.48. The monoisotopic (exact) mass is 269 g/mol. The Balaban J connectivity index is 2.19. The van der Waals surface area contributed by atoms with Gasteiger partial charge in [-0.3, -0.25) is 4.98 Å². The van der Waals surface area contributed by atoms with Gasteiger partial charge in [-0.25, -0.2) is 9.18 Å². The first kappa shape index (κ1) is 13.8. The van der Waals surface area contributed by atoms with Gasteiger partial charge in [-0.2, -0.15) is 0 Å². The Morgan fingerprint density at radius 3 is 2.70 bits per heavy atom. The highest BCUT2D eigenvalue weighted by molar-refractivity contribution is 5.89. The molecule has 0 saturated carbocycles. The third-order valence-electron chi connectivity index (χ3n) is 2.66. The minimum absolute atomic E-state index is 0.120. The minimum Gasteiger partial charge on any atom is -0.451 e. The van der Waals surface area contributed by atoms with Crippen molar-refractivity contribution in [1.82, 2.24) is 4.98 Å². The van der Waals surface area contributed by atoms with Crippen LogP contribution in [0.2, 0.25) is 0 Å². The number of rotatable bonds is 4. The number of aromatic nitrogens is 1. The van der Waals surface area contributed by atoms with Gasteiger partial charge in [0.05, 0.1) is 17.7 Å². The number of pyridine rings is 1. The van der Waals surface area contributed by atoms with E-state index in [1.54, 1.807) is 30.5 Å². The van der Waals surface area contributed by atoms with Crippen molar-refractivity contribution in [2.24, 2.45) is 0 Å². The van der Waals surface area contributed by atoms with Crippen LogP contribution in [0.1, 0.15) is 28.6 Å². The zero-order chi connectivity index (χ0) is 14.4. The summed E-state index contributed by atoms with van der Waals surface area (Å²) in [5, 5.41) is 0. The number of ether oxygens (including phenoxy) is 1. The highest BCUT2D eigenvalue weighted by Gasteiger charge is 2.20. The molecule has 0 radical (unpaired) electrons. The van der Waals surface area contributed by atoms with Gasteiger partial charge in [-0.15, -0.1) is 12.3 Å². The van der Waals surface area contributed by atoms with Crippen molar-refractivity contribution < 1.29 is 13.9 Å². The number of nitrogens with zero attached hydrogens (tertiary/aromatic N) is 1. The van der Waals surface area contributed by atoms with Crippen molar-refractivity contribution in [3.63, 3.8) is 0 Å². The van der Waals surface area contributed by atoms with Gasteiger partial charge in [0.1, 0.15) is 5.82 Å². The molecule has 0 N–H and O–H groups in total. The van der Waals surface area contributed by atoms with E-state index in [2.05, 4.69) is 10.9 Å². The van der Waals surface area contributed by atoms with E-state index in [9.17, 15) is 9.18 Å². The molecule has 0 aliphatic carbocycles. The summed E-state index contributed by atoms with van der Waals surface area (Å²) < 4.78 is 18.8. The van der Waals surface area contributed by atoms with Crippen molar-refractivity contribution in [3.05, 3.63) is 65.7 Å². The van der Waals surface area contributed by atoms with Crippen LogP contribution < -0.4 is 0 Å². The van der Waals surface area contributed by atoms with Crippen molar-refractivity contribution >= 4 is 5.97 Å². The predicted octanol–water partition coefficient (Wildman–Crippen LogP) is 3.14. The fraction of sp³-hybridized carbons (Fsp3) is 0.125. The Bertz CT molecular complexity index is 634. The highest BCUT2D eigenvalue weighted by atomic mass is 19.1. The summed E-state index contributed by atoms with van der Waals surface area (Å²) in [6.07, 6.45) is 6.34. The molecule has 1 aromatic heterocycles. The summed E-state index contributed by atoms with van der Waals surface area (Å²) in [6, 6.07) is 10.9. The van der Waals surface area contributed by atoms with E-state index in [-0.39, 0.29) is 12.0 Å². The molecule has 1 atom stereocenters. The molecule has 0 bridgehead atoms. The number of esters is 1. The van der Waals surface area contributed by atoms with E-state index in [1.165, 1.54) is 18.2 Å². The second-order valence-electron chi connectivity index (χ2n) is 4.04. The van der Waals surface area contributed by atoms with Gasteiger partial charge in [0.15, 0.2) is 6.10 Å². The third kappa shape index (κ3) is 3.21. The van der Waals surface area contributed by atoms with Crippen LogP contribution in [0.15, 0.2) is 48.7 Å². The van der Waals surface area contributed by atoms with E-state index in [4.69, 9.17) is 11.2 Å². The van der Waals surface area contributed by atoms with E-state index in [0.717, 1.165) is 0 Å². The molecule has 0 aliphatic heterocycles. The van der Waals surface area contributed by atoms with E-state index >= 15 is 0 Å². The SMILES string of the molecule is C#CC[C@H](OC(=O)c1ccccc1F)c1ccccn1. The quantitative estimate of drug-likeness (QED) is 0.632. The second-order valence-corrected chi connectivity index (χ2v) is 4.04. The lowest BCUT2D eigenvalue weighted by molar-refractivity contribution is 0.0293. The molecule has 2 aromatic rings. The number of carbonyl (C=O) groups excluding carboxylic acids is 1. The first-order valence-electron chi connectivity index (χ1n) is 6.02. The fourth-order valence-electron chi connectivity index (χ4n) is 1.70. The van der Waals surface area contributed by atoms with Crippen LogP contribution in [0.3, 0.4) is 0 Å². The first-order chi connectivity index (χ1) is 9.72. The largest absolute Gasteiger partial charge is 0.451 e. The normalized spacial score (nSPS) is 11.4. The third-order valence-corrected chi connectivity index (χ3v) is 2.66. The maximum atomic E-state index is 13.5. The van der Waals surface area contributed by atoms with Gasteiger partial charge < -0.3 is 4.74 Å². The summed E-state index contributed by atoms with van der Waals surface area (Å²) >= 11 is 0. The molecule has 20 heavy (non-hydrogen) atoms. The summed E-state index contributed by atoms with van der Waals surface area (Å²) in [4.78, 5) is 16.1. The molecule has 0 fully saturated rings. The van der Waals surface area contributed by atoms with Gasteiger partial charge in [-0.05, 0) is 24.3 Å². The number of hydrogen-bond acceptors (Lipinski definition) is 3. The zero-order valence-electron chi connectivity index (χ0n) is 10.6. The molecular formula is C16H12FNO2. The van der Waals surface area contributed by atoms with Crippen LogP contribution in [-0.4, -0.2) is 11.0 Å². The number of benzene rings is 1. The molecule has 0 aliphatic rings. The molecule has 0 amide bonds. The standard InChI is InChI=1S/C16H12FNO2/c1-2-7-15(14-10-5-6-11-18-14)20-16(19)12-8-3-4-9-13(12)17/h1,3-6,8-11,15H,7H2/t15-/m0/s1. The summed E-state index contributed by atoms with van der Waals surface area (Å²) in [6.45, 7) is 0. The van der Waals surface area contributed by atoms with Gasteiger partial charge in [0.2, 0.25) is 0 Å². The number of halogens is 1. The number of carbonyl (C=O) groups is 1. The average molecular weight is 269 g/mol. The first-order valence-corrected chi connectivity index (χ1v) is 6.02. The topological polar surface area (TPSA) is 39.2 Å². The molecule has 0 saturated heterocycles. The maximum absolute atomic E-state index is 13.5. The van der Waals surface area contributed by atoms with Crippen LogP contribution in [0.5, 0.6) is 0 Å².